The fourth-order valence-corrected chi connectivity index (χ4v) is 2.97. The van der Waals surface area contributed by atoms with Gasteiger partial charge in [0.1, 0.15) is 10.8 Å². The number of nitrogens with zero attached hydrogens (tertiary/aromatic N) is 1. The molecular weight excluding hydrogens is 340 g/mol. The minimum absolute atomic E-state index is 0.245. The third-order valence-electron chi connectivity index (χ3n) is 3.35. The lowest BCUT2D eigenvalue weighted by Crippen LogP contribution is -2.35. The van der Waals surface area contributed by atoms with E-state index < -0.39 is 18.0 Å². The van der Waals surface area contributed by atoms with Crippen molar-refractivity contribution >= 4 is 39.5 Å². The zero-order valence-electron chi connectivity index (χ0n) is 13.5. The van der Waals surface area contributed by atoms with E-state index >= 15 is 0 Å². The van der Waals surface area contributed by atoms with Crippen LogP contribution in [0.4, 0.5) is 0 Å². The van der Waals surface area contributed by atoms with Crippen molar-refractivity contribution in [1.29, 1.82) is 0 Å². The molecule has 2 heterocycles. The van der Waals surface area contributed by atoms with Crippen LogP contribution in [0.15, 0.2) is 53.2 Å². The number of nitrogens with one attached hydrogen (secondary N) is 1. The Labute approximate surface area is 148 Å². The van der Waals surface area contributed by atoms with Gasteiger partial charge in [-0.25, -0.2) is 9.78 Å². The highest BCUT2D eigenvalue weighted by Crippen LogP contribution is 2.22. The zero-order chi connectivity index (χ0) is 17.6. The van der Waals surface area contributed by atoms with Gasteiger partial charge in [0, 0.05) is 6.08 Å². The Hall–Kier alpha value is -2.93. The van der Waals surface area contributed by atoms with Crippen LogP contribution in [0.1, 0.15) is 17.7 Å². The molecule has 0 saturated heterocycles. The summed E-state index contributed by atoms with van der Waals surface area (Å²) < 4.78 is 11.2. The first kappa shape index (κ1) is 16.9. The predicted molar refractivity (Wildman–Crippen MR) is 94.8 cm³/mol. The van der Waals surface area contributed by atoms with Crippen molar-refractivity contribution in [3.8, 4) is 0 Å². The third kappa shape index (κ3) is 4.54. The summed E-state index contributed by atoms with van der Waals surface area (Å²) in [6.07, 6.45) is 3.48. The molecule has 2 aromatic heterocycles. The van der Waals surface area contributed by atoms with Crippen LogP contribution in [0.25, 0.3) is 16.3 Å². The topological polar surface area (TPSA) is 81.4 Å². The zero-order valence-corrected chi connectivity index (χ0v) is 14.3. The molecule has 3 aromatic rings. The van der Waals surface area contributed by atoms with Crippen molar-refractivity contribution < 1.29 is 18.7 Å². The summed E-state index contributed by atoms with van der Waals surface area (Å²) in [5.41, 5.74) is 0.881. The molecule has 25 heavy (non-hydrogen) atoms. The summed E-state index contributed by atoms with van der Waals surface area (Å²) >= 11 is 1.48. The van der Waals surface area contributed by atoms with E-state index in [9.17, 15) is 9.59 Å². The molecule has 1 aromatic carbocycles. The molecular formula is C18H16N2O4S. The number of rotatable bonds is 6. The molecule has 0 radical (unpaired) electrons. The molecule has 3 rings (SSSR count). The van der Waals surface area contributed by atoms with Crippen LogP contribution in [0.5, 0.6) is 0 Å². The number of fused-ring (bicyclic) bond motifs is 1. The highest BCUT2D eigenvalue weighted by atomic mass is 32.1. The Morgan fingerprint density at radius 3 is 2.92 bits per heavy atom. The highest BCUT2D eigenvalue weighted by molar-refractivity contribution is 7.19. The van der Waals surface area contributed by atoms with Gasteiger partial charge in [-0.1, -0.05) is 12.1 Å². The van der Waals surface area contributed by atoms with Crippen LogP contribution in [0.2, 0.25) is 0 Å². The first-order chi connectivity index (χ1) is 12.1. The van der Waals surface area contributed by atoms with Crippen molar-refractivity contribution in [2.45, 2.75) is 19.6 Å². The third-order valence-corrected chi connectivity index (χ3v) is 4.35. The van der Waals surface area contributed by atoms with E-state index in [0.717, 1.165) is 10.2 Å². The van der Waals surface area contributed by atoms with Crippen LogP contribution >= 0.6 is 11.3 Å². The van der Waals surface area contributed by atoms with E-state index in [1.165, 1.54) is 30.6 Å². The molecule has 0 aliphatic carbocycles. The smallest absolute Gasteiger partial charge is 0.331 e. The van der Waals surface area contributed by atoms with E-state index in [0.29, 0.717) is 10.8 Å². The van der Waals surface area contributed by atoms with Crippen molar-refractivity contribution in [2.75, 3.05) is 0 Å². The molecule has 1 atom stereocenters. The van der Waals surface area contributed by atoms with Gasteiger partial charge in [0.25, 0.3) is 5.91 Å². The minimum atomic E-state index is -0.900. The van der Waals surface area contributed by atoms with Crippen molar-refractivity contribution in [3.05, 3.63) is 59.5 Å². The molecule has 6 nitrogen and oxygen atoms in total. The summed E-state index contributed by atoms with van der Waals surface area (Å²) in [4.78, 5) is 28.1. The summed E-state index contributed by atoms with van der Waals surface area (Å²) in [5, 5.41) is 3.34. The number of esters is 1. The summed E-state index contributed by atoms with van der Waals surface area (Å²) in [7, 11) is 0. The van der Waals surface area contributed by atoms with Gasteiger partial charge in [-0.15, -0.1) is 11.3 Å². The second kappa shape index (κ2) is 7.76. The first-order valence-corrected chi connectivity index (χ1v) is 8.48. The normalized spacial score (nSPS) is 12.4. The average Bonchev–Trinajstić information content (AvgIpc) is 3.26. The monoisotopic (exact) mass is 356 g/mol. The molecule has 128 valence electrons. The van der Waals surface area contributed by atoms with Gasteiger partial charge < -0.3 is 14.5 Å². The number of ether oxygens (including phenoxy) is 1. The number of furan rings is 1. The van der Waals surface area contributed by atoms with Gasteiger partial charge >= 0.3 is 5.97 Å². The van der Waals surface area contributed by atoms with Crippen LogP contribution in [-0.4, -0.2) is 23.0 Å². The van der Waals surface area contributed by atoms with E-state index in [2.05, 4.69) is 10.3 Å². The van der Waals surface area contributed by atoms with Crippen LogP contribution in [0.3, 0.4) is 0 Å². The number of carbonyl (C=O) groups is 2. The number of amides is 1. The lowest BCUT2D eigenvalue weighted by Gasteiger charge is -2.11. The minimum Gasteiger partial charge on any atom is -0.467 e. The van der Waals surface area contributed by atoms with Crippen LogP contribution in [0, 0.1) is 0 Å². The molecule has 1 amide bonds. The maximum Gasteiger partial charge on any atom is 0.331 e. The predicted octanol–water partition coefficient (Wildman–Crippen LogP) is 3.15. The fourth-order valence-electron chi connectivity index (χ4n) is 2.10. The Kier molecular flexibility index (Phi) is 5.25. The Bertz CT molecular complexity index is 866. The number of hydrogen-bond donors (Lipinski definition) is 1. The maximum absolute atomic E-state index is 11.9. The van der Waals surface area contributed by atoms with Gasteiger partial charge in [0.05, 0.1) is 23.0 Å². The molecule has 1 N–H and O–H groups in total. The second-order valence-corrected chi connectivity index (χ2v) is 6.29. The second-order valence-electron chi connectivity index (χ2n) is 5.23. The number of aromatic nitrogens is 1. The molecule has 0 aliphatic heterocycles. The quantitative estimate of drug-likeness (QED) is 0.542. The summed E-state index contributed by atoms with van der Waals surface area (Å²) in [5.74, 6) is -0.361. The van der Waals surface area contributed by atoms with Gasteiger partial charge in [0.15, 0.2) is 6.10 Å². The molecule has 0 fully saturated rings. The summed E-state index contributed by atoms with van der Waals surface area (Å²) in [6, 6.07) is 11.2. The molecule has 7 heteroatoms. The van der Waals surface area contributed by atoms with Gasteiger partial charge in [-0.3, -0.25) is 4.79 Å². The standard InChI is InChI=1S/C18H16N2O4S/c1-12(18(22)19-11-13-5-4-10-23-13)24-17(21)9-8-16-20-14-6-2-3-7-15(14)25-16/h2-10,12H,11H2,1H3,(H,19,22)/b9-8+. The molecule has 0 bridgehead atoms. The average molecular weight is 356 g/mol. The lowest BCUT2D eigenvalue weighted by atomic mass is 10.3. The molecule has 1 unspecified atom stereocenters. The fraction of sp³-hybridized carbons (Fsp3) is 0.167. The SMILES string of the molecule is CC(OC(=O)/C=C/c1nc2ccccc2s1)C(=O)NCc1ccco1. The van der Waals surface area contributed by atoms with E-state index in [-0.39, 0.29) is 6.54 Å². The van der Waals surface area contributed by atoms with Crippen molar-refractivity contribution in [2.24, 2.45) is 0 Å². The number of hydrogen-bond acceptors (Lipinski definition) is 6. The Morgan fingerprint density at radius 1 is 1.32 bits per heavy atom. The van der Waals surface area contributed by atoms with E-state index in [1.807, 2.05) is 24.3 Å². The summed E-state index contributed by atoms with van der Waals surface area (Å²) in [6.45, 7) is 1.76. The Balaban J connectivity index is 1.51. The van der Waals surface area contributed by atoms with E-state index in [4.69, 9.17) is 9.15 Å². The largest absolute Gasteiger partial charge is 0.467 e. The Morgan fingerprint density at radius 2 is 2.16 bits per heavy atom. The first-order valence-electron chi connectivity index (χ1n) is 7.66. The van der Waals surface area contributed by atoms with E-state index in [1.54, 1.807) is 18.2 Å². The van der Waals surface area contributed by atoms with Gasteiger partial charge in [0.2, 0.25) is 0 Å². The van der Waals surface area contributed by atoms with Gasteiger partial charge in [-0.05, 0) is 37.3 Å². The van der Waals surface area contributed by atoms with Crippen molar-refractivity contribution in [1.82, 2.24) is 10.3 Å². The lowest BCUT2D eigenvalue weighted by molar-refractivity contribution is -0.150. The molecule has 0 aliphatic rings. The number of benzene rings is 1. The molecule has 0 spiro atoms. The number of carbonyl (C=O) groups excluding carboxylic acids is 2. The van der Waals surface area contributed by atoms with Crippen molar-refractivity contribution in [3.63, 3.8) is 0 Å². The van der Waals surface area contributed by atoms with Gasteiger partial charge in [-0.2, -0.15) is 0 Å². The maximum atomic E-state index is 11.9. The number of thiazole rings is 1. The highest BCUT2D eigenvalue weighted by Gasteiger charge is 2.16. The number of para-hydroxylation sites is 1. The van der Waals surface area contributed by atoms with Crippen LogP contribution in [-0.2, 0) is 20.9 Å². The molecule has 0 saturated carbocycles. The van der Waals surface area contributed by atoms with Crippen LogP contribution < -0.4 is 5.32 Å².